The number of methoxy groups -OCH3 is 2. The van der Waals surface area contributed by atoms with Crippen LogP contribution in [0.2, 0.25) is 0 Å². The zero-order chi connectivity index (χ0) is 26.6. The summed E-state index contributed by atoms with van der Waals surface area (Å²) in [7, 11) is 2.99. The molecule has 0 unspecified atom stereocenters. The quantitative estimate of drug-likeness (QED) is 0.492. The van der Waals surface area contributed by atoms with Crippen LogP contribution in [0.3, 0.4) is 0 Å². The molecule has 1 amide bonds. The second-order valence-corrected chi connectivity index (χ2v) is 11.7. The van der Waals surface area contributed by atoms with Gasteiger partial charge >= 0.3 is 5.69 Å². The van der Waals surface area contributed by atoms with Crippen molar-refractivity contribution in [1.82, 2.24) is 14.9 Å². The first-order valence-corrected chi connectivity index (χ1v) is 13.6. The molecule has 4 aliphatic carbocycles. The third-order valence-corrected chi connectivity index (χ3v) is 9.39. The maximum atomic E-state index is 13.2. The molecule has 1 atom stereocenters. The number of hydrogen-bond acceptors (Lipinski definition) is 5. The third kappa shape index (κ3) is 4.20. The van der Waals surface area contributed by atoms with Crippen molar-refractivity contribution in [3.8, 4) is 11.5 Å². The molecule has 2 N–H and O–H groups in total. The molecular formula is C30H35N3O5. The molecule has 38 heavy (non-hydrogen) atoms. The second kappa shape index (κ2) is 9.33. The fourth-order valence-corrected chi connectivity index (χ4v) is 7.81. The summed E-state index contributed by atoms with van der Waals surface area (Å²) in [6.45, 7) is 2.27. The van der Waals surface area contributed by atoms with E-state index in [0.717, 1.165) is 27.9 Å². The first kappa shape index (κ1) is 24.8. The molecule has 3 aromatic rings. The lowest BCUT2D eigenvalue weighted by molar-refractivity contribution is -0.0688. The zero-order valence-corrected chi connectivity index (χ0v) is 22.2. The molecule has 0 aliphatic heterocycles. The maximum Gasteiger partial charge on any atom is 0.329 e. The summed E-state index contributed by atoms with van der Waals surface area (Å²) >= 11 is 0. The normalized spacial score (nSPS) is 26.3. The van der Waals surface area contributed by atoms with Gasteiger partial charge in [-0.3, -0.25) is 14.2 Å². The summed E-state index contributed by atoms with van der Waals surface area (Å²) < 4.78 is 11.7. The van der Waals surface area contributed by atoms with Gasteiger partial charge < -0.3 is 19.8 Å². The molecule has 7 rings (SSSR count). The van der Waals surface area contributed by atoms with E-state index < -0.39 is 11.2 Å². The van der Waals surface area contributed by atoms with Crippen molar-refractivity contribution in [2.45, 2.75) is 58.0 Å². The second-order valence-electron chi connectivity index (χ2n) is 11.7. The molecule has 4 fully saturated rings. The number of rotatable bonds is 7. The average Bonchev–Trinajstić information content (AvgIpc) is 2.90. The molecule has 1 heterocycles. The van der Waals surface area contributed by atoms with Crippen molar-refractivity contribution in [2.24, 2.45) is 23.2 Å². The van der Waals surface area contributed by atoms with Crippen LogP contribution in [-0.4, -0.2) is 35.7 Å². The molecule has 4 aliphatic rings. The lowest BCUT2D eigenvalue weighted by Crippen LogP contribution is -2.55. The predicted octanol–water partition coefficient (Wildman–Crippen LogP) is 4.09. The summed E-state index contributed by atoms with van der Waals surface area (Å²) in [4.78, 5) is 41.8. The Kier molecular flexibility index (Phi) is 6.08. The number of nitrogens with one attached hydrogen (secondary N) is 2. The fourth-order valence-electron chi connectivity index (χ4n) is 7.81. The molecular weight excluding hydrogens is 482 g/mol. The number of amides is 1. The number of H-pyrrole nitrogens is 1. The third-order valence-electron chi connectivity index (χ3n) is 9.39. The average molecular weight is 518 g/mol. The molecule has 0 saturated heterocycles. The van der Waals surface area contributed by atoms with Gasteiger partial charge in [0.05, 0.1) is 31.7 Å². The standard InChI is InChI=1S/C30H35N3O5/c1-17(30-13-19-8-20(14-30)10-21(9-19)15-30)31-27(34)22-6-4-18(5-7-22)16-33-28(35)23-11-25(37-2)26(38-3)12-24(23)32-29(33)36/h4-7,11-12,17,19-21H,8-10,13-16H2,1-3H3,(H,31,34)(H,32,36)/t17-,19?,20?,21?,30?/m0/s1. The molecule has 8 heteroatoms. The molecule has 4 saturated carbocycles. The molecule has 4 bridgehead atoms. The molecule has 1 aromatic heterocycles. The number of aromatic amines is 1. The lowest BCUT2D eigenvalue weighted by Gasteiger charge is -2.59. The van der Waals surface area contributed by atoms with Crippen LogP contribution in [0.25, 0.3) is 10.9 Å². The monoisotopic (exact) mass is 517 g/mol. The van der Waals surface area contributed by atoms with Gasteiger partial charge in [-0.15, -0.1) is 0 Å². The van der Waals surface area contributed by atoms with Crippen LogP contribution in [0.4, 0.5) is 0 Å². The van der Waals surface area contributed by atoms with Crippen LogP contribution in [0.5, 0.6) is 11.5 Å². The van der Waals surface area contributed by atoms with Crippen LogP contribution >= 0.6 is 0 Å². The molecule has 0 radical (unpaired) electrons. The number of carbonyl (C=O) groups excluding carboxylic acids is 1. The van der Waals surface area contributed by atoms with Gasteiger partial charge in [-0.25, -0.2) is 4.79 Å². The molecule has 200 valence electrons. The molecule has 8 nitrogen and oxygen atoms in total. The Morgan fingerprint density at radius 1 is 1.00 bits per heavy atom. The van der Waals surface area contributed by atoms with E-state index in [4.69, 9.17) is 9.47 Å². The number of benzene rings is 2. The first-order valence-electron chi connectivity index (χ1n) is 13.6. The summed E-state index contributed by atoms with van der Waals surface area (Å²) in [5, 5.41) is 3.64. The fraction of sp³-hybridized carbons (Fsp3) is 0.500. The number of nitrogens with zero attached hydrogens (tertiary/aromatic N) is 1. The highest BCUT2D eigenvalue weighted by Crippen LogP contribution is 2.61. The Morgan fingerprint density at radius 2 is 1.58 bits per heavy atom. The van der Waals surface area contributed by atoms with Gasteiger partial charge in [-0.05, 0) is 92.4 Å². The highest BCUT2D eigenvalue weighted by Gasteiger charge is 2.53. The van der Waals surface area contributed by atoms with Crippen LogP contribution in [0.15, 0.2) is 46.0 Å². The van der Waals surface area contributed by atoms with Gasteiger partial charge in [0.25, 0.3) is 11.5 Å². The van der Waals surface area contributed by atoms with Crippen molar-refractivity contribution in [1.29, 1.82) is 0 Å². The van der Waals surface area contributed by atoms with E-state index in [-0.39, 0.29) is 23.9 Å². The highest BCUT2D eigenvalue weighted by atomic mass is 16.5. The van der Waals surface area contributed by atoms with Crippen molar-refractivity contribution < 1.29 is 14.3 Å². The van der Waals surface area contributed by atoms with Crippen LogP contribution < -0.4 is 26.0 Å². The minimum atomic E-state index is -0.513. The van der Waals surface area contributed by atoms with Gasteiger partial charge in [-0.1, -0.05) is 12.1 Å². The number of carbonyl (C=O) groups is 1. The Labute approximate surface area is 221 Å². The summed E-state index contributed by atoms with van der Waals surface area (Å²) in [5.74, 6) is 3.29. The van der Waals surface area contributed by atoms with E-state index in [1.165, 1.54) is 52.7 Å². The van der Waals surface area contributed by atoms with E-state index in [9.17, 15) is 14.4 Å². The number of ether oxygens (including phenoxy) is 2. The largest absolute Gasteiger partial charge is 0.493 e. The predicted molar refractivity (Wildman–Crippen MR) is 145 cm³/mol. The van der Waals surface area contributed by atoms with Gasteiger partial charge in [0.1, 0.15) is 0 Å². The molecule has 0 spiro atoms. The van der Waals surface area contributed by atoms with Gasteiger partial charge in [0, 0.05) is 17.7 Å². The summed E-state index contributed by atoms with van der Waals surface area (Å²) in [6.07, 6.45) is 7.87. The van der Waals surface area contributed by atoms with Crippen molar-refractivity contribution in [3.05, 3.63) is 68.4 Å². The van der Waals surface area contributed by atoms with E-state index in [1.54, 1.807) is 36.4 Å². The van der Waals surface area contributed by atoms with Crippen molar-refractivity contribution in [3.63, 3.8) is 0 Å². The van der Waals surface area contributed by atoms with E-state index in [2.05, 4.69) is 17.2 Å². The van der Waals surface area contributed by atoms with Gasteiger partial charge in [0.15, 0.2) is 11.5 Å². The minimum Gasteiger partial charge on any atom is -0.493 e. The topological polar surface area (TPSA) is 102 Å². The Bertz CT molecular complexity index is 1470. The summed E-state index contributed by atoms with van der Waals surface area (Å²) in [6, 6.07) is 10.4. The highest BCUT2D eigenvalue weighted by molar-refractivity contribution is 5.94. The number of fused-ring (bicyclic) bond motifs is 1. The van der Waals surface area contributed by atoms with Crippen molar-refractivity contribution >= 4 is 16.8 Å². The SMILES string of the molecule is COc1cc2[nH]c(=O)n(Cc3ccc(C(=O)N[C@@H](C)C45CC6CC(CC(C6)C4)C5)cc3)c(=O)c2cc1OC. The number of hydrogen-bond donors (Lipinski definition) is 2. The summed E-state index contributed by atoms with van der Waals surface area (Å²) in [5.41, 5.74) is 1.03. The minimum absolute atomic E-state index is 0.0680. The Balaban J connectivity index is 1.18. The number of aromatic nitrogens is 2. The zero-order valence-electron chi connectivity index (χ0n) is 22.2. The Hall–Kier alpha value is -3.55. The molecule has 2 aromatic carbocycles. The van der Waals surface area contributed by atoms with Crippen LogP contribution in [0.1, 0.15) is 61.4 Å². The lowest BCUT2D eigenvalue weighted by atomic mass is 9.48. The van der Waals surface area contributed by atoms with Crippen LogP contribution in [0, 0.1) is 23.2 Å². The smallest absolute Gasteiger partial charge is 0.329 e. The van der Waals surface area contributed by atoms with E-state index >= 15 is 0 Å². The first-order chi connectivity index (χ1) is 18.3. The van der Waals surface area contributed by atoms with Crippen molar-refractivity contribution in [2.75, 3.05) is 14.2 Å². The van der Waals surface area contributed by atoms with Crippen LogP contribution in [-0.2, 0) is 6.54 Å². The van der Waals surface area contributed by atoms with E-state index in [1.807, 2.05) is 0 Å². The van der Waals surface area contributed by atoms with E-state index in [0.29, 0.717) is 28.0 Å². The van der Waals surface area contributed by atoms with Gasteiger partial charge in [0.2, 0.25) is 0 Å². The maximum absolute atomic E-state index is 13.2. The Morgan fingerprint density at radius 3 is 2.16 bits per heavy atom. The van der Waals surface area contributed by atoms with Gasteiger partial charge in [-0.2, -0.15) is 0 Å².